The van der Waals surface area contributed by atoms with E-state index < -0.39 is 0 Å². The van der Waals surface area contributed by atoms with Gasteiger partial charge in [0.2, 0.25) is 0 Å². The Morgan fingerprint density at radius 2 is 1.82 bits per heavy atom. The number of benzene rings is 1. The number of thiophene rings is 1. The summed E-state index contributed by atoms with van der Waals surface area (Å²) >= 11 is 1.78. The summed E-state index contributed by atoms with van der Waals surface area (Å²) in [5.41, 5.74) is 8.48. The minimum atomic E-state index is 0.465. The molecule has 0 radical (unpaired) electrons. The van der Waals surface area contributed by atoms with Crippen molar-refractivity contribution in [1.82, 2.24) is 0 Å². The van der Waals surface area contributed by atoms with Gasteiger partial charge in [0.05, 0.1) is 0 Å². The minimum Gasteiger partial charge on any atom is -0.330 e. The summed E-state index contributed by atoms with van der Waals surface area (Å²) in [4.78, 5) is 1.32. The van der Waals surface area contributed by atoms with Crippen molar-refractivity contribution >= 4 is 11.3 Å². The van der Waals surface area contributed by atoms with E-state index >= 15 is 0 Å². The maximum Gasteiger partial charge on any atom is 0.0342 e. The molecule has 0 amide bonds. The van der Waals surface area contributed by atoms with E-state index in [0.717, 1.165) is 6.54 Å². The number of rotatable bonds is 4. The highest BCUT2D eigenvalue weighted by Gasteiger charge is 2.13. The van der Waals surface area contributed by atoms with E-state index in [4.69, 9.17) is 5.73 Å². The second-order valence-electron chi connectivity index (χ2n) is 4.69. The first-order valence-electron chi connectivity index (χ1n) is 6.06. The fourth-order valence-corrected chi connectivity index (χ4v) is 2.86. The Morgan fingerprint density at radius 1 is 1.12 bits per heavy atom. The van der Waals surface area contributed by atoms with E-state index in [-0.39, 0.29) is 0 Å². The molecule has 2 aromatic rings. The summed E-state index contributed by atoms with van der Waals surface area (Å²) in [6.07, 6.45) is 0. The lowest BCUT2D eigenvalue weighted by Crippen LogP contribution is -2.17. The lowest BCUT2D eigenvalue weighted by molar-refractivity contribution is 0.506. The second-order valence-corrected chi connectivity index (χ2v) is 5.63. The van der Waals surface area contributed by atoms with Gasteiger partial charge in [-0.05, 0) is 41.0 Å². The van der Waals surface area contributed by atoms with Gasteiger partial charge < -0.3 is 5.73 Å². The van der Waals surface area contributed by atoms with E-state index in [0.29, 0.717) is 11.8 Å². The van der Waals surface area contributed by atoms with E-state index in [9.17, 15) is 0 Å². The van der Waals surface area contributed by atoms with Crippen molar-refractivity contribution in [2.24, 2.45) is 11.7 Å². The van der Waals surface area contributed by atoms with E-state index in [2.05, 4.69) is 55.6 Å². The molecule has 1 aromatic heterocycles. The van der Waals surface area contributed by atoms with Crippen molar-refractivity contribution in [3.8, 4) is 10.4 Å². The van der Waals surface area contributed by atoms with Crippen molar-refractivity contribution in [3.63, 3.8) is 0 Å². The maximum atomic E-state index is 5.84. The smallest absolute Gasteiger partial charge is 0.0342 e. The van der Waals surface area contributed by atoms with E-state index in [1.165, 1.54) is 16.0 Å². The predicted molar refractivity (Wildman–Crippen MR) is 76.4 cm³/mol. The van der Waals surface area contributed by atoms with Crippen LogP contribution in [0.3, 0.4) is 0 Å². The first-order valence-corrected chi connectivity index (χ1v) is 6.94. The normalized spacial score (nSPS) is 12.9. The van der Waals surface area contributed by atoms with Gasteiger partial charge >= 0.3 is 0 Å². The van der Waals surface area contributed by atoms with Gasteiger partial charge in [-0.1, -0.05) is 44.2 Å². The van der Waals surface area contributed by atoms with Crippen LogP contribution in [0.15, 0.2) is 41.8 Å². The van der Waals surface area contributed by atoms with Gasteiger partial charge in [0.25, 0.3) is 0 Å². The summed E-state index contributed by atoms with van der Waals surface area (Å²) in [6.45, 7) is 5.17. The van der Waals surface area contributed by atoms with Crippen LogP contribution in [-0.4, -0.2) is 6.54 Å². The highest BCUT2D eigenvalue weighted by atomic mass is 32.1. The van der Waals surface area contributed by atoms with Gasteiger partial charge in [-0.25, -0.2) is 0 Å². The first-order chi connectivity index (χ1) is 8.22. The molecule has 1 atom stereocenters. The molecule has 1 heterocycles. The maximum absolute atomic E-state index is 5.84. The number of hydrogen-bond acceptors (Lipinski definition) is 2. The molecule has 0 fully saturated rings. The summed E-state index contributed by atoms with van der Waals surface area (Å²) in [6, 6.07) is 13.1. The Balaban J connectivity index is 2.23. The molecule has 17 heavy (non-hydrogen) atoms. The van der Waals surface area contributed by atoms with Crippen LogP contribution in [0.25, 0.3) is 10.4 Å². The van der Waals surface area contributed by atoms with Gasteiger partial charge in [0.15, 0.2) is 0 Å². The van der Waals surface area contributed by atoms with Crippen LogP contribution in [0.4, 0.5) is 0 Å². The van der Waals surface area contributed by atoms with Crippen molar-refractivity contribution < 1.29 is 0 Å². The van der Waals surface area contributed by atoms with Crippen LogP contribution < -0.4 is 5.73 Å². The highest BCUT2D eigenvalue weighted by molar-refractivity contribution is 7.13. The van der Waals surface area contributed by atoms with Crippen LogP contribution in [0.2, 0.25) is 0 Å². The fourth-order valence-electron chi connectivity index (χ4n) is 2.13. The number of nitrogens with two attached hydrogens (primary N) is 1. The molecule has 0 spiro atoms. The molecule has 1 aromatic carbocycles. The largest absolute Gasteiger partial charge is 0.330 e. The number of hydrogen-bond donors (Lipinski definition) is 1. The van der Waals surface area contributed by atoms with Crippen LogP contribution in [0.1, 0.15) is 25.3 Å². The highest BCUT2D eigenvalue weighted by Crippen LogP contribution is 2.28. The molecular formula is C15H19NS. The SMILES string of the molecule is CC(C)C(CN)c1ccc(-c2cccs2)cc1. The molecule has 0 saturated heterocycles. The minimum absolute atomic E-state index is 0.465. The average Bonchev–Trinajstić information content (AvgIpc) is 2.84. The lowest BCUT2D eigenvalue weighted by Gasteiger charge is -2.19. The molecule has 2 N–H and O–H groups in total. The van der Waals surface area contributed by atoms with Gasteiger partial charge in [0, 0.05) is 4.88 Å². The Labute approximate surface area is 107 Å². The Morgan fingerprint density at radius 3 is 2.29 bits per heavy atom. The standard InChI is InChI=1S/C15H19NS/c1-11(2)14(10-16)12-5-7-13(8-6-12)15-4-3-9-17-15/h3-9,11,14H,10,16H2,1-2H3. The van der Waals surface area contributed by atoms with Gasteiger partial charge in [-0.2, -0.15) is 0 Å². The molecule has 2 heteroatoms. The zero-order valence-electron chi connectivity index (χ0n) is 10.4. The van der Waals surface area contributed by atoms with Crippen molar-refractivity contribution in [2.45, 2.75) is 19.8 Å². The Bertz CT molecular complexity index is 442. The van der Waals surface area contributed by atoms with Crippen molar-refractivity contribution in [3.05, 3.63) is 47.3 Å². The Kier molecular flexibility index (Phi) is 3.97. The van der Waals surface area contributed by atoms with Gasteiger partial charge in [-0.15, -0.1) is 11.3 Å². The summed E-state index contributed by atoms with van der Waals surface area (Å²) < 4.78 is 0. The summed E-state index contributed by atoms with van der Waals surface area (Å²) in [5.74, 6) is 1.06. The van der Waals surface area contributed by atoms with Crippen molar-refractivity contribution in [2.75, 3.05) is 6.54 Å². The monoisotopic (exact) mass is 245 g/mol. The fraction of sp³-hybridized carbons (Fsp3) is 0.333. The molecule has 0 saturated carbocycles. The molecule has 0 aliphatic heterocycles. The van der Waals surface area contributed by atoms with Gasteiger partial charge in [0.1, 0.15) is 0 Å². The molecule has 2 rings (SSSR count). The third-order valence-corrected chi connectivity index (χ3v) is 4.12. The molecule has 1 nitrogen and oxygen atoms in total. The Hall–Kier alpha value is -1.12. The van der Waals surface area contributed by atoms with E-state index in [1.807, 2.05) is 0 Å². The molecule has 90 valence electrons. The topological polar surface area (TPSA) is 26.0 Å². The van der Waals surface area contributed by atoms with Crippen LogP contribution in [-0.2, 0) is 0 Å². The van der Waals surface area contributed by atoms with Gasteiger partial charge in [-0.3, -0.25) is 0 Å². The van der Waals surface area contributed by atoms with E-state index in [1.54, 1.807) is 11.3 Å². The third kappa shape index (κ3) is 2.76. The lowest BCUT2D eigenvalue weighted by atomic mass is 9.88. The zero-order valence-corrected chi connectivity index (χ0v) is 11.2. The second kappa shape index (κ2) is 5.48. The third-order valence-electron chi connectivity index (χ3n) is 3.20. The first kappa shape index (κ1) is 12.3. The van der Waals surface area contributed by atoms with Crippen LogP contribution >= 0.6 is 11.3 Å². The van der Waals surface area contributed by atoms with Crippen LogP contribution in [0, 0.1) is 5.92 Å². The molecule has 0 bridgehead atoms. The van der Waals surface area contributed by atoms with Crippen LogP contribution in [0.5, 0.6) is 0 Å². The average molecular weight is 245 g/mol. The van der Waals surface area contributed by atoms with Crippen molar-refractivity contribution in [1.29, 1.82) is 0 Å². The molecule has 0 aliphatic carbocycles. The molecule has 1 unspecified atom stereocenters. The predicted octanol–water partition coefficient (Wildman–Crippen LogP) is 4.11. The summed E-state index contributed by atoms with van der Waals surface area (Å²) in [5, 5.41) is 2.11. The summed E-state index contributed by atoms with van der Waals surface area (Å²) in [7, 11) is 0. The zero-order chi connectivity index (χ0) is 12.3. The molecular weight excluding hydrogens is 226 g/mol. The quantitative estimate of drug-likeness (QED) is 0.861. The molecule has 0 aliphatic rings.